The lowest BCUT2D eigenvalue weighted by molar-refractivity contribution is 0.403. The van der Waals surface area contributed by atoms with E-state index in [0.717, 1.165) is 15.8 Å². The van der Waals surface area contributed by atoms with Gasteiger partial charge in [-0.15, -0.1) is 0 Å². The maximum absolute atomic E-state index is 5.67. The number of hydrogen-bond donors (Lipinski definition) is 1. The number of nitrogens with zero attached hydrogens (tertiary/aromatic N) is 2. The lowest BCUT2D eigenvalue weighted by Gasteiger charge is -2.12. The summed E-state index contributed by atoms with van der Waals surface area (Å²) in [5.74, 6) is 1.52. The monoisotopic (exact) mass is 263 g/mol. The van der Waals surface area contributed by atoms with E-state index < -0.39 is 0 Å². The maximum Gasteiger partial charge on any atom is 0.218 e. The molecule has 4 nitrogen and oxygen atoms in total. The Balaban J connectivity index is 2.11. The molecule has 0 aromatic carbocycles. The molecule has 18 heavy (non-hydrogen) atoms. The fraction of sp³-hybridized carbons (Fsp3) is 0.385. The van der Waals surface area contributed by atoms with Gasteiger partial charge in [0.05, 0.1) is 6.20 Å². The highest BCUT2D eigenvalue weighted by atomic mass is 32.1. The van der Waals surface area contributed by atoms with Gasteiger partial charge in [-0.2, -0.15) is 0 Å². The molecular formula is C13H17N3OS. The largest absolute Gasteiger partial charge is 0.441 e. The van der Waals surface area contributed by atoms with Crippen LogP contribution in [0, 0.1) is 0 Å². The number of aromatic nitrogens is 2. The molecule has 5 heteroatoms. The summed E-state index contributed by atoms with van der Waals surface area (Å²) in [7, 11) is 1.86. The highest BCUT2D eigenvalue weighted by Gasteiger charge is 2.18. The Kier molecular flexibility index (Phi) is 3.52. The van der Waals surface area contributed by atoms with Gasteiger partial charge < -0.3 is 9.73 Å². The minimum Gasteiger partial charge on any atom is -0.441 e. The fourth-order valence-corrected chi connectivity index (χ4v) is 2.02. The summed E-state index contributed by atoms with van der Waals surface area (Å²) in [5.41, 5.74) is -0.0110. The minimum atomic E-state index is -0.0110. The van der Waals surface area contributed by atoms with Gasteiger partial charge in [-0.05, 0) is 6.08 Å². The summed E-state index contributed by atoms with van der Waals surface area (Å²) in [4.78, 5) is 9.50. The van der Waals surface area contributed by atoms with Crippen LogP contribution < -0.4 is 5.32 Å². The van der Waals surface area contributed by atoms with Crippen molar-refractivity contribution < 1.29 is 4.42 Å². The van der Waals surface area contributed by atoms with E-state index in [-0.39, 0.29) is 5.41 Å². The van der Waals surface area contributed by atoms with Crippen molar-refractivity contribution in [3.63, 3.8) is 0 Å². The number of oxazole rings is 1. The Labute approximate surface area is 111 Å². The Hall–Kier alpha value is -1.62. The number of thiazole rings is 1. The number of rotatable bonds is 3. The summed E-state index contributed by atoms with van der Waals surface area (Å²) >= 11 is 1.59. The second-order valence-corrected chi connectivity index (χ2v) is 6.03. The molecule has 0 amide bonds. The van der Waals surface area contributed by atoms with Crippen molar-refractivity contribution in [1.82, 2.24) is 9.97 Å². The van der Waals surface area contributed by atoms with Crippen LogP contribution in [0.1, 0.15) is 37.3 Å². The highest BCUT2D eigenvalue weighted by Crippen LogP contribution is 2.24. The number of nitrogens with one attached hydrogen (secondary N) is 1. The molecule has 1 N–H and O–H groups in total. The number of anilines is 1. The molecule has 2 aromatic heterocycles. The van der Waals surface area contributed by atoms with Crippen molar-refractivity contribution in [2.75, 3.05) is 12.4 Å². The van der Waals surface area contributed by atoms with Gasteiger partial charge in [0.25, 0.3) is 0 Å². The zero-order valence-corrected chi connectivity index (χ0v) is 11.8. The average Bonchev–Trinajstić information content (AvgIpc) is 2.94. The molecule has 0 aliphatic heterocycles. The van der Waals surface area contributed by atoms with E-state index in [1.165, 1.54) is 0 Å². The third-order valence-corrected chi connectivity index (χ3v) is 3.37. The molecule has 0 radical (unpaired) electrons. The van der Waals surface area contributed by atoms with Crippen LogP contribution in [-0.2, 0) is 5.41 Å². The van der Waals surface area contributed by atoms with E-state index >= 15 is 0 Å². The van der Waals surface area contributed by atoms with Crippen LogP contribution in [0.15, 0.2) is 16.8 Å². The van der Waals surface area contributed by atoms with Gasteiger partial charge in [0.15, 0.2) is 5.13 Å². The Morgan fingerprint density at radius 2 is 2.00 bits per heavy atom. The van der Waals surface area contributed by atoms with Gasteiger partial charge in [-0.25, -0.2) is 9.97 Å². The first kappa shape index (κ1) is 12.8. The summed E-state index contributed by atoms with van der Waals surface area (Å²) < 4.78 is 5.67. The van der Waals surface area contributed by atoms with Gasteiger partial charge in [-0.1, -0.05) is 32.1 Å². The number of hydrogen-bond acceptors (Lipinski definition) is 5. The van der Waals surface area contributed by atoms with Crippen molar-refractivity contribution in [3.05, 3.63) is 28.9 Å². The van der Waals surface area contributed by atoms with Crippen LogP contribution in [0.2, 0.25) is 0 Å². The zero-order valence-electron chi connectivity index (χ0n) is 11.0. The second kappa shape index (κ2) is 4.94. The molecule has 0 unspecified atom stereocenters. The first-order valence-corrected chi connectivity index (χ1v) is 6.58. The third kappa shape index (κ3) is 2.98. The summed E-state index contributed by atoms with van der Waals surface area (Å²) in [6, 6.07) is 0. The van der Waals surface area contributed by atoms with Gasteiger partial charge >= 0.3 is 0 Å². The van der Waals surface area contributed by atoms with E-state index in [2.05, 4.69) is 36.1 Å². The fourth-order valence-electron chi connectivity index (χ4n) is 1.34. The molecule has 96 valence electrons. The summed E-state index contributed by atoms with van der Waals surface area (Å²) in [5, 5.41) is 3.90. The SMILES string of the molecule is CNc1ncc(/C=C\c2ncc(C(C)(C)C)o2)s1. The predicted molar refractivity (Wildman–Crippen MR) is 75.8 cm³/mol. The molecule has 0 atom stereocenters. The molecule has 0 aliphatic carbocycles. The Bertz CT molecular complexity index is 549. The van der Waals surface area contributed by atoms with Crippen LogP contribution in [0.25, 0.3) is 12.2 Å². The zero-order chi connectivity index (χ0) is 13.2. The van der Waals surface area contributed by atoms with Crippen molar-refractivity contribution in [1.29, 1.82) is 0 Å². The van der Waals surface area contributed by atoms with Crippen molar-refractivity contribution >= 4 is 28.6 Å². The molecule has 0 saturated heterocycles. The van der Waals surface area contributed by atoms with E-state index in [1.54, 1.807) is 17.5 Å². The second-order valence-electron chi connectivity index (χ2n) is 4.96. The maximum atomic E-state index is 5.67. The van der Waals surface area contributed by atoms with E-state index in [4.69, 9.17) is 4.42 Å². The standard InChI is InChI=1S/C13H17N3OS/c1-13(2,3)10-8-15-11(17-10)6-5-9-7-16-12(14-4)18-9/h5-8H,1-4H3,(H,14,16)/b6-5-. The molecule has 0 spiro atoms. The first-order chi connectivity index (χ1) is 8.49. The van der Waals surface area contributed by atoms with Gasteiger partial charge in [-0.3, -0.25) is 0 Å². The molecule has 0 saturated carbocycles. The summed E-state index contributed by atoms with van der Waals surface area (Å²) in [6.07, 6.45) is 7.42. The van der Waals surface area contributed by atoms with Crippen LogP contribution >= 0.6 is 11.3 Å². The molecular weight excluding hydrogens is 246 g/mol. The lowest BCUT2D eigenvalue weighted by Crippen LogP contribution is -2.09. The lowest BCUT2D eigenvalue weighted by atomic mass is 9.94. The van der Waals surface area contributed by atoms with Crippen LogP contribution in [-0.4, -0.2) is 17.0 Å². The van der Waals surface area contributed by atoms with Crippen molar-refractivity contribution in [2.24, 2.45) is 0 Å². The van der Waals surface area contributed by atoms with E-state index in [0.29, 0.717) is 5.89 Å². The predicted octanol–water partition coefficient (Wildman–Crippen LogP) is 3.64. The van der Waals surface area contributed by atoms with E-state index in [9.17, 15) is 0 Å². The molecule has 0 aliphatic rings. The van der Waals surface area contributed by atoms with Crippen LogP contribution in [0.4, 0.5) is 5.13 Å². The molecule has 0 bridgehead atoms. The first-order valence-electron chi connectivity index (χ1n) is 5.77. The highest BCUT2D eigenvalue weighted by molar-refractivity contribution is 7.16. The molecule has 2 aromatic rings. The molecule has 2 rings (SSSR count). The van der Waals surface area contributed by atoms with Gasteiger partial charge in [0, 0.05) is 29.6 Å². The quantitative estimate of drug-likeness (QED) is 0.918. The summed E-state index contributed by atoms with van der Waals surface area (Å²) in [6.45, 7) is 6.30. The minimum absolute atomic E-state index is 0.0110. The van der Waals surface area contributed by atoms with Gasteiger partial charge in [0.1, 0.15) is 5.76 Å². The van der Waals surface area contributed by atoms with Crippen LogP contribution in [0.3, 0.4) is 0 Å². The smallest absolute Gasteiger partial charge is 0.218 e. The third-order valence-electron chi connectivity index (χ3n) is 2.39. The Morgan fingerprint density at radius 1 is 1.22 bits per heavy atom. The topological polar surface area (TPSA) is 51.0 Å². The average molecular weight is 263 g/mol. The van der Waals surface area contributed by atoms with Crippen molar-refractivity contribution in [3.8, 4) is 0 Å². The van der Waals surface area contributed by atoms with Crippen LogP contribution in [0.5, 0.6) is 0 Å². The van der Waals surface area contributed by atoms with Crippen molar-refractivity contribution in [2.45, 2.75) is 26.2 Å². The molecule has 0 fully saturated rings. The Morgan fingerprint density at radius 3 is 2.56 bits per heavy atom. The molecule has 2 heterocycles. The van der Waals surface area contributed by atoms with E-state index in [1.807, 2.05) is 25.4 Å². The normalized spacial score (nSPS) is 12.2. The van der Waals surface area contributed by atoms with Gasteiger partial charge in [0.2, 0.25) is 5.89 Å².